The van der Waals surface area contributed by atoms with Crippen LogP contribution in [0.4, 0.5) is 8.78 Å². The molecule has 0 bridgehead atoms. The van der Waals surface area contributed by atoms with Crippen molar-refractivity contribution in [3.05, 3.63) is 53.9 Å². The number of carbonyl (C=O) groups is 1. The Balaban J connectivity index is 2.27. The Hall–Kier alpha value is -2.83. The molecule has 0 saturated heterocycles. The van der Waals surface area contributed by atoms with Gasteiger partial charge in [-0.1, -0.05) is 0 Å². The molecule has 100 valence electrons. The van der Waals surface area contributed by atoms with E-state index in [1.165, 1.54) is 22.8 Å². The lowest BCUT2D eigenvalue weighted by Gasteiger charge is -2.04. The van der Waals surface area contributed by atoms with Gasteiger partial charge in [0.05, 0.1) is 5.69 Å². The molecule has 5 nitrogen and oxygen atoms in total. The van der Waals surface area contributed by atoms with Crippen LogP contribution in [0, 0.1) is 11.6 Å². The maximum Gasteiger partial charge on any atom is 0.356 e. The molecular formula is C13H7F2N3O2. The number of hydrogen-bond donors (Lipinski definition) is 1. The first-order chi connectivity index (χ1) is 9.54. The second kappa shape index (κ2) is 4.37. The summed E-state index contributed by atoms with van der Waals surface area (Å²) in [7, 11) is 0. The SMILES string of the molecule is O=C(O)c1cc2nccc(-c3cc(F)cc(F)c3)n2n1. The van der Waals surface area contributed by atoms with E-state index >= 15 is 0 Å². The highest BCUT2D eigenvalue weighted by molar-refractivity contribution is 5.86. The minimum absolute atomic E-state index is 0.193. The molecule has 0 fully saturated rings. The molecule has 0 unspecified atom stereocenters. The molecule has 0 aliphatic carbocycles. The summed E-state index contributed by atoms with van der Waals surface area (Å²) in [5, 5.41) is 12.8. The van der Waals surface area contributed by atoms with Gasteiger partial charge in [0.15, 0.2) is 11.3 Å². The number of aromatic nitrogens is 3. The molecule has 2 aromatic heterocycles. The molecule has 0 saturated carbocycles. The van der Waals surface area contributed by atoms with E-state index in [4.69, 9.17) is 5.11 Å². The molecule has 3 rings (SSSR count). The minimum atomic E-state index is -1.20. The van der Waals surface area contributed by atoms with E-state index in [1.54, 1.807) is 0 Å². The van der Waals surface area contributed by atoms with E-state index in [0.29, 0.717) is 5.69 Å². The monoisotopic (exact) mass is 275 g/mol. The predicted molar refractivity (Wildman–Crippen MR) is 65.3 cm³/mol. The van der Waals surface area contributed by atoms with Gasteiger partial charge < -0.3 is 5.11 Å². The number of carboxylic acids is 1. The minimum Gasteiger partial charge on any atom is -0.476 e. The number of carboxylic acid groups (broad SMARTS) is 1. The van der Waals surface area contributed by atoms with Crippen molar-refractivity contribution >= 4 is 11.6 Å². The molecule has 20 heavy (non-hydrogen) atoms. The van der Waals surface area contributed by atoms with E-state index in [2.05, 4.69) is 10.1 Å². The fourth-order valence-electron chi connectivity index (χ4n) is 1.92. The molecule has 0 spiro atoms. The number of aromatic carboxylic acids is 1. The molecule has 3 aromatic rings. The molecule has 7 heteroatoms. The van der Waals surface area contributed by atoms with Gasteiger partial charge in [0.2, 0.25) is 0 Å². The van der Waals surface area contributed by atoms with Crippen LogP contribution in [0.15, 0.2) is 36.5 Å². The smallest absolute Gasteiger partial charge is 0.356 e. The first kappa shape index (κ1) is 12.2. The standard InChI is InChI=1S/C13H7F2N3O2/c14-8-3-7(4-9(15)5-8)11-1-2-16-12-6-10(13(19)20)17-18(11)12/h1-6H,(H,19,20). The van der Waals surface area contributed by atoms with Gasteiger partial charge in [0.25, 0.3) is 0 Å². The number of nitrogens with zero attached hydrogens (tertiary/aromatic N) is 3. The number of rotatable bonds is 2. The van der Waals surface area contributed by atoms with Crippen LogP contribution >= 0.6 is 0 Å². The first-order valence-corrected chi connectivity index (χ1v) is 5.59. The van der Waals surface area contributed by atoms with E-state index in [9.17, 15) is 13.6 Å². The van der Waals surface area contributed by atoms with Gasteiger partial charge in [-0.15, -0.1) is 0 Å². The van der Waals surface area contributed by atoms with Gasteiger partial charge in [-0.2, -0.15) is 5.10 Å². The summed E-state index contributed by atoms with van der Waals surface area (Å²) in [5.41, 5.74) is 0.683. The van der Waals surface area contributed by atoms with Crippen molar-refractivity contribution in [1.29, 1.82) is 0 Å². The van der Waals surface area contributed by atoms with Gasteiger partial charge >= 0.3 is 5.97 Å². The van der Waals surface area contributed by atoms with Crippen LogP contribution in [0.25, 0.3) is 16.9 Å². The third-order valence-electron chi connectivity index (χ3n) is 2.74. The molecule has 1 N–H and O–H groups in total. The lowest BCUT2D eigenvalue weighted by Crippen LogP contribution is -2.00. The summed E-state index contributed by atoms with van der Waals surface area (Å²) in [4.78, 5) is 14.9. The van der Waals surface area contributed by atoms with Crippen LogP contribution in [-0.4, -0.2) is 25.7 Å². The van der Waals surface area contributed by atoms with Crippen LogP contribution in [-0.2, 0) is 0 Å². The summed E-state index contributed by atoms with van der Waals surface area (Å²) >= 11 is 0. The van der Waals surface area contributed by atoms with Crippen LogP contribution < -0.4 is 0 Å². The van der Waals surface area contributed by atoms with Crippen molar-refractivity contribution in [2.75, 3.05) is 0 Å². The van der Waals surface area contributed by atoms with Gasteiger partial charge in [0, 0.05) is 23.9 Å². The molecule has 1 aromatic carbocycles. The third kappa shape index (κ3) is 1.99. The summed E-state index contributed by atoms with van der Waals surface area (Å²) in [6, 6.07) is 5.81. The maximum atomic E-state index is 13.3. The normalized spacial score (nSPS) is 10.9. The summed E-state index contributed by atoms with van der Waals surface area (Å²) in [6.07, 6.45) is 1.42. The Bertz CT molecular complexity index is 809. The summed E-state index contributed by atoms with van der Waals surface area (Å²) in [6.45, 7) is 0. The summed E-state index contributed by atoms with van der Waals surface area (Å²) < 4.78 is 27.8. The molecule has 0 amide bonds. The molecule has 0 aliphatic rings. The lowest BCUT2D eigenvalue weighted by atomic mass is 10.1. The zero-order valence-corrected chi connectivity index (χ0v) is 9.92. The van der Waals surface area contributed by atoms with Gasteiger partial charge in [0.1, 0.15) is 11.6 Å². The highest BCUT2D eigenvalue weighted by atomic mass is 19.1. The van der Waals surface area contributed by atoms with Crippen molar-refractivity contribution in [3.63, 3.8) is 0 Å². The zero-order valence-electron chi connectivity index (χ0n) is 9.92. The predicted octanol–water partition coefficient (Wildman–Crippen LogP) is 2.37. The number of hydrogen-bond acceptors (Lipinski definition) is 3. The number of halogens is 2. The number of benzene rings is 1. The third-order valence-corrected chi connectivity index (χ3v) is 2.74. The molecule has 0 radical (unpaired) electrons. The Morgan fingerprint density at radius 3 is 2.50 bits per heavy atom. The first-order valence-electron chi connectivity index (χ1n) is 5.59. The van der Waals surface area contributed by atoms with Crippen molar-refractivity contribution < 1.29 is 18.7 Å². The highest BCUT2D eigenvalue weighted by Gasteiger charge is 2.13. The van der Waals surface area contributed by atoms with Gasteiger partial charge in [-0.25, -0.2) is 23.1 Å². The second-order valence-electron chi connectivity index (χ2n) is 4.09. The Labute approximate surface area is 111 Å². The van der Waals surface area contributed by atoms with Crippen molar-refractivity contribution in [2.24, 2.45) is 0 Å². The quantitative estimate of drug-likeness (QED) is 0.779. The molecule has 2 heterocycles. The van der Waals surface area contributed by atoms with E-state index < -0.39 is 17.6 Å². The van der Waals surface area contributed by atoms with E-state index in [-0.39, 0.29) is 16.9 Å². The van der Waals surface area contributed by atoms with Crippen LogP contribution in [0.2, 0.25) is 0 Å². The summed E-state index contributed by atoms with van der Waals surface area (Å²) in [5.74, 6) is -2.65. The van der Waals surface area contributed by atoms with Crippen LogP contribution in [0.3, 0.4) is 0 Å². The second-order valence-corrected chi connectivity index (χ2v) is 4.09. The fourth-order valence-corrected chi connectivity index (χ4v) is 1.92. The Kier molecular flexibility index (Phi) is 2.67. The maximum absolute atomic E-state index is 13.3. The molecule has 0 atom stereocenters. The largest absolute Gasteiger partial charge is 0.476 e. The van der Waals surface area contributed by atoms with E-state index in [1.807, 2.05) is 0 Å². The average Bonchev–Trinajstić information content (AvgIpc) is 2.81. The van der Waals surface area contributed by atoms with E-state index in [0.717, 1.165) is 18.2 Å². The fraction of sp³-hybridized carbons (Fsp3) is 0. The van der Waals surface area contributed by atoms with Gasteiger partial charge in [-0.05, 0) is 18.2 Å². The topological polar surface area (TPSA) is 67.5 Å². The van der Waals surface area contributed by atoms with Crippen molar-refractivity contribution in [2.45, 2.75) is 0 Å². The van der Waals surface area contributed by atoms with Crippen molar-refractivity contribution in [3.8, 4) is 11.3 Å². The number of fused-ring (bicyclic) bond motifs is 1. The lowest BCUT2D eigenvalue weighted by molar-refractivity contribution is 0.0690. The van der Waals surface area contributed by atoms with Crippen LogP contribution in [0.5, 0.6) is 0 Å². The van der Waals surface area contributed by atoms with Crippen LogP contribution in [0.1, 0.15) is 10.5 Å². The van der Waals surface area contributed by atoms with Crippen molar-refractivity contribution in [1.82, 2.24) is 14.6 Å². The zero-order chi connectivity index (χ0) is 14.3. The Morgan fingerprint density at radius 1 is 1.15 bits per heavy atom. The molecular weight excluding hydrogens is 268 g/mol. The molecule has 0 aliphatic heterocycles. The average molecular weight is 275 g/mol. The highest BCUT2D eigenvalue weighted by Crippen LogP contribution is 2.22. The van der Waals surface area contributed by atoms with Gasteiger partial charge in [-0.3, -0.25) is 0 Å². The Morgan fingerprint density at radius 2 is 1.85 bits per heavy atom.